The Bertz CT molecular complexity index is 33.9. The zero-order chi connectivity index (χ0) is 4.12. The van der Waals surface area contributed by atoms with Crippen molar-refractivity contribution in [3.05, 3.63) is 0 Å². The van der Waals surface area contributed by atoms with Gasteiger partial charge in [-0.2, -0.15) is 4.51 Å². The van der Waals surface area contributed by atoms with E-state index in [0.29, 0.717) is 0 Å². The first-order valence-electron chi connectivity index (χ1n) is 1.54. The summed E-state index contributed by atoms with van der Waals surface area (Å²) in [6.45, 7) is 1.98. The molecule has 2 heteroatoms. The van der Waals surface area contributed by atoms with E-state index in [4.69, 9.17) is 11.8 Å². The minimum atomic E-state index is 0.920. The van der Waals surface area contributed by atoms with E-state index >= 15 is 0 Å². The van der Waals surface area contributed by atoms with Gasteiger partial charge in [0.15, 0.2) is 0 Å². The van der Waals surface area contributed by atoms with Gasteiger partial charge in [0.1, 0.15) is 0 Å². The summed E-state index contributed by atoms with van der Waals surface area (Å²) in [5, 5.41) is 0. The summed E-state index contributed by atoms with van der Waals surface area (Å²) in [5.41, 5.74) is 0. The van der Waals surface area contributed by atoms with Crippen LogP contribution in [0.25, 0.3) is 0 Å². The molecule has 0 unspecified atom stereocenters. The Morgan fingerprint density at radius 2 is 2.60 bits per heavy atom. The van der Waals surface area contributed by atoms with Crippen LogP contribution in [-0.2, 0) is 0 Å². The first-order chi connectivity index (χ1) is 2.41. The highest BCUT2D eigenvalue weighted by Crippen LogP contribution is 1.71. The van der Waals surface area contributed by atoms with Crippen LogP contribution >= 0.6 is 11.8 Å². The largest absolute Gasteiger partial charge is 0.191 e. The molecular weight excluding hydrogens is 85.5 g/mol. The van der Waals surface area contributed by atoms with Crippen molar-refractivity contribution >= 4 is 18.0 Å². The van der Waals surface area contributed by atoms with E-state index in [9.17, 15) is 0 Å². The first kappa shape index (κ1) is 4.96. The van der Waals surface area contributed by atoms with Crippen LogP contribution in [0.3, 0.4) is 0 Å². The lowest BCUT2D eigenvalue weighted by Gasteiger charge is -1.62. The molecular formula is C3H6ClN. The van der Waals surface area contributed by atoms with Crippen molar-refractivity contribution in [3.8, 4) is 0 Å². The molecule has 0 amide bonds. The van der Waals surface area contributed by atoms with Crippen molar-refractivity contribution < 1.29 is 0 Å². The third-order valence-electron chi connectivity index (χ3n) is 0.252. The van der Waals surface area contributed by atoms with E-state index in [1.54, 1.807) is 6.21 Å². The van der Waals surface area contributed by atoms with Crippen LogP contribution in [-0.4, -0.2) is 6.21 Å². The molecule has 0 saturated heterocycles. The van der Waals surface area contributed by atoms with Crippen molar-refractivity contribution in [1.82, 2.24) is 0 Å². The molecule has 0 aromatic carbocycles. The molecule has 0 rings (SSSR count). The van der Waals surface area contributed by atoms with E-state index in [1.165, 1.54) is 0 Å². The maximum atomic E-state index is 4.87. The fraction of sp³-hybridized carbons (Fsp3) is 0.667. The molecule has 0 N–H and O–H groups in total. The predicted molar refractivity (Wildman–Crippen MR) is 24.6 cm³/mol. The summed E-state index contributed by atoms with van der Waals surface area (Å²) < 4.78 is 3.20. The van der Waals surface area contributed by atoms with Gasteiger partial charge in [-0.1, -0.05) is 6.92 Å². The monoisotopic (exact) mass is 91.0 g/mol. The zero-order valence-corrected chi connectivity index (χ0v) is 3.87. The van der Waals surface area contributed by atoms with Crippen LogP contribution in [0.15, 0.2) is 4.51 Å². The van der Waals surface area contributed by atoms with Gasteiger partial charge in [-0.15, -0.1) is 0 Å². The van der Waals surface area contributed by atoms with Gasteiger partial charge in [0.05, 0.1) is 0 Å². The van der Waals surface area contributed by atoms with Crippen molar-refractivity contribution in [2.75, 3.05) is 0 Å². The second-order valence-electron chi connectivity index (χ2n) is 0.688. The minimum absolute atomic E-state index is 0.920. The van der Waals surface area contributed by atoms with Crippen molar-refractivity contribution in [2.45, 2.75) is 13.3 Å². The number of halogens is 1. The molecule has 0 radical (unpaired) electrons. The molecule has 30 valence electrons. The van der Waals surface area contributed by atoms with E-state index in [-0.39, 0.29) is 0 Å². The number of rotatable bonds is 1. The van der Waals surface area contributed by atoms with Crippen molar-refractivity contribution in [2.24, 2.45) is 4.51 Å². The summed E-state index contributed by atoms with van der Waals surface area (Å²) in [7, 11) is 0. The lowest BCUT2D eigenvalue weighted by Crippen LogP contribution is -1.56. The van der Waals surface area contributed by atoms with Gasteiger partial charge in [0, 0.05) is 18.0 Å². The van der Waals surface area contributed by atoms with E-state index in [2.05, 4.69) is 4.51 Å². The second-order valence-corrected chi connectivity index (χ2v) is 0.884. The number of hydrogen-bond acceptors (Lipinski definition) is 1. The van der Waals surface area contributed by atoms with Crippen LogP contribution < -0.4 is 0 Å². The number of nitrogens with zero attached hydrogens (tertiary/aromatic N) is 1. The topological polar surface area (TPSA) is 12.4 Å². The Morgan fingerprint density at radius 1 is 2.00 bits per heavy atom. The fourth-order valence-corrected chi connectivity index (χ4v) is 0.207. The standard InChI is InChI=1S/C3H6ClN/c1-2-3-5-4/h3H,2H2,1H3. The molecule has 0 aromatic heterocycles. The van der Waals surface area contributed by atoms with Crippen LogP contribution in [0.4, 0.5) is 0 Å². The summed E-state index contributed by atoms with van der Waals surface area (Å²) in [6, 6.07) is 0. The molecule has 0 aromatic rings. The van der Waals surface area contributed by atoms with E-state index in [0.717, 1.165) is 6.42 Å². The average molecular weight is 91.5 g/mol. The molecule has 0 fully saturated rings. The maximum Gasteiger partial charge on any atom is 0.0361 e. The predicted octanol–water partition coefficient (Wildman–Crippen LogP) is 1.62. The van der Waals surface area contributed by atoms with Crippen LogP contribution in [0, 0.1) is 0 Å². The molecule has 5 heavy (non-hydrogen) atoms. The highest BCUT2D eigenvalue weighted by Gasteiger charge is 1.55. The Balaban J connectivity index is 2.62. The van der Waals surface area contributed by atoms with Gasteiger partial charge in [0.2, 0.25) is 0 Å². The quantitative estimate of drug-likeness (QED) is 0.435. The van der Waals surface area contributed by atoms with Gasteiger partial charge in [-0.25, -0.2) is 0 Å². The third-order valence-corrected chi connectivity index (χ3v) is 0.390. The first-order valence-corrected chi connectivity index (χ1v) is 1.88. The molecule has 0 aliphatic heterocycles. The second kappa shape index (κ2) is 3.96. The molecule has 0 aliphatic carbocycles. The van der Waals surface area contributed by atoms with Crippen LogP contribution in [0.5, 0.6) is 0 Å². The van der Waals surface area contributed by atoms with Gasteiger partial charge in [0.25, 0.3) is 0 Å². The number of hydrogen-bond donors (Lipinski definition) is 0. The summed E-state index contributed by atoms with van der Waals surface area (Å²) in [6.07, 6.45) is 2.56. The fourth-order valence-electron chi connectivity index (χ4n) is 0.0690. The molecule has 0 heterocycles. The zero-order valence-electron chi connectivity index (χ0n) is 3.11. The Morgan fingerprint density at radius 3 is 2.60 bits per heavy atom. The van der Waals surface area contributed by atoms with E-state index in [1.807, 2.05) is 6.92 Å². The lowest BCUT2D eigenvalue weighted by atomic mass is 10.6. The smallest absolute Gasteiger partial charge is 0.0361 e. The maximum absolute atomic E-state index is 4.87. The van der Waals surface area contributed by atoms with Crippen molar-refractivity contribution in [1.29, 1.82) is 0 Å². The molecule has 0 spiro atoms. The average Bonchev–Trinajstić information content (AvgIpc) is 1.41. The lowest BCUT2D eigenvalue weighted by molar-refractivity contribution is 1.33. The Labute approximate surface area is 36.8 Å². The van der Waals surface area contributed by atoms with Gasteiger partial charge >= 0.3 is 0 Å². The van der Waals surface area contributed by atoms with Gasteiger partial charge < -0.3 is 0 Å². The molecule has 0 bridgehead atoms. The normalized spacial score (nSPS) is 10.0. The molecule has 1 nitrogen and oxygen atoms in total. The Hall–Kier alpha value is -0.0400. The summed E-state index contributed by atoms with van der Waals surface area (Å²) >= 11 is 4.87. The van der Waals surface area contributed by atoms with Crippen molar-refractivity contribution in [3.63, 3.8) is 0 Å². The minimum Gasteiger partial charge on any atom is -0.191 e. The van der Waals surface area contributed by atoms with Crippen LogP contribution in [0.1, 0.15) is 13.3 Å². The summed E-state index contributed by atoms with van der Waals surface area (Å²) in [4.78, 5) is 0. The summed E-state index contributed by atoms with van der Waals surface area (Å²) in [5.74, 6) is 0. The SMILES string of the molecule is CCC=NCl. The highest BCUT2D eigenvalue weighted by molar-refractivity contribution is 6.17. The molecule has 0 saturated carbocycles. The highest BCUT2D eigenvalue weighted by atomic mass is 35.5. The van der Waals surface area contributed by atoms with Gasteiger partial charge in [-0.05, 0) is 6.42 Å². The van der Waals surface area contributed by atoms with Crippen LogP contribution in [0.2, 0.25) is 0 Å². The third kappa shape index (κ3) is 3.96. The van der Waals surface area contributed by atoms with Gasteiger partial charge in [-0.3, -0.25) is 0 Å². The Kier molecular flexibility index (Phi) is 3.93. The molecule has 0 atom stereocenters. The molecule has 0 aliphatic rings. The van der Waals surface area contributed by atoms with E-state index < -0.39 is 0 Å².